The minimum absolute atomic E-state index is 0.0121. The molecule has 0 aliphatic heterocycles. The molecule has 0 aliphatic carbocycles. The van der Waals surface area contributed by atoms with Crippen LogP contribution in [-0.4, -0.2) is 38.6 Å². The number of anilines is 2. The molecule has 0 saturated carbocycles. The lowest BCUT2D eigenvalue weighted by molar-refractivity contribution is -0.146. The Morgan fingerprint density at radius 2 is 1.69 bits per heavy atom. The average molecular weight is 439 g/mol. The maximum absolute atomic E-state index is 12.3. The van der Waals surface area contributed by atoms with Crippen LogP contribution in [0.4, 0.5) is 11.4 Å². The third kappa shape index (κ3) is 7.55. The van der Waals surface area contributed by atoms with Crippen molar-refractivity contribution >= 4 is 50.6 Å². The first-order valence-corrected chi connectivity index (χ1v) is 10.5. The van der Waals surface area contributed by atoms with Crippen LogP contribution < -0.4 is 10.6 Å². The van der Waals surface area contributed by atoms with Crippen LogP contribution >= 0.6 is 11.6 Å². The molecular formula is C19H19ClN2O6S. The Kier molecular flexibility index (Phi) is 7.74. The minimum atomic E-state index is -3.72. The first-order valence-electron chi connectivity index (χ1n) is 8.47. The molecule has 0 bridgehead atoms. The van der Waals surface area contributed by atoms with Crippen LogP contribution in [0.25, 0.3) is 0 Å². The summed E-state index contributed by atoms with van der Waals surface area (Å²) in [6.45, 7) is 0.794. The van der Waals surface area contributed by atoms with Crippen LogP contribution in [0, 0.1) is 0 Å². The van der Waals surface area contributed by atoms with Crippen molar-refractivity contribution in [2.45, 2.75) is 18.2 Å². The second-order valence-electron chi connectivity index (χ2n) is 5.99. The number of hydrogen-bond donors (Lipinski definition) is 2. The molecule has 2 aromatic rings. The van der Waals surface area contributed by atoms with E-state index in [1.54, 1.807) is 18.2 Å². The Labute approximate surface area is 173 Å². The maximum atomic E-state index is 12.3. The van der Waals surface area contributed by atoms with E-state index in [9.17, 15) is 22.8 Å². The molecule has 2 amide bonds. The Hall–Kier alpha value is -2.91. The van der Waals surface area contributed by atoms with Gasteiger partial charge in [0.15, 0.2) is 16.4 Å². The van der Waals surface area contributed by atoms with Gasteiger partial charge in [-0.3, -0.25) is 14.4 Å². The maximum Gasteiger partial charge on any atom is 0.307 e. The van der Waals surface area contributed by atoms with Gasteiger partial charge in [-0.25, -0.2) is 8.42 Å². The Morgan fingerprint density at radius 1 is 1.00 bits per heavy atom. The number of halogens is 1. The quantitative estimate of drug-likeness (QED) is 0.611. The SMILES string of the molecule is CC(=O)Nc1ccc(S(=O)(=O)CCC(=O)OCC(=O)Nc2cccc(Cl)c2)cc1. The summed E-state index contributed by atoms with van der Waals surface area (Å²) in [6, 6.07) is 12.0. The summed E-state index contributed by atoms with van der Waals surface area (Å²) < 4.78 is 29.4. The molecule has 0 fully saturated rings. The van der Waals surface area contributed by atoms with E-state index in [2.05, 4.69) is 10.6 Å². The zero-order valence-electron chi connectivity index (χ0n) is 15.5. The lowest BCUT2D eigenvalue weighted by Crippen LogP contribution is -2.22. The summed E-state index contributed by atoms with van der Waals surface area (Å²) in [7, 11) is -3.72. The van der Waals surface area contributed by atoms with Crippen LogP contribution in [0.1, 0.15) is 13.3 Å². The Bertz CT molecular complexity index is 1010. The molecule has 0 spiro atoms. The predicted octanol–water partition coefficient (Wildman–Crippen LogP) is 2.64. The van der Waals surface area contributed by atoms with E-state index >= 15 is 0 Å². The lowest BCUT2D eigenvalue weighted by atomic mass is 10.3. The van der Waals surface area contributed by atoms with E-state index in [1.165, 1.54) is 37.3 Å². The number of benzene rings is 2. The molecule has 10 heteroatoms. The van der Waals surface area contributed by atoms with Gasteiger partial charge in [0.25, 0.3) is 5.91 Å². The topological polar surface area (TPSA) is 119 Å². The summed E-state index contributed by atoms with van der Waals surface area (Å²) in [5.41, 5.74) is 0.908. The average Bonchev–Trinajstić information content (AvgIpc) is 2.65. The van der Waals surface area contributed by atoms with Gasteiger partial charge in [0.2, 0.25) is 5.91 Å². The monoisotopic (exact) mass is 438 g/mol. The van der Waals surface area contributed by atoms with Gasteiger partial charge in [-0.2, -0.15) is 0 Å². The van der Waals surface area contributed by atoms with E-state index < -0.39 is 40.5 Å². The number of carbonyl (C=O) groups excluding carboxylic acids is 3. The summed E-state index contributed by atoms with van der Waals surface area (Å²) >= 11 is 5.81. The fourth-order valence-electron chi connectivity index (χ4n) is 2.27. The smallest absolute Gasteiger partial charge is 0.307 e. The highest BCUT2D eigenvalue weighted by Gasteiger charge is 2.18. The van der Waals surface area contributed by atoms with Crippen LogP contribution in [0.5, 0.6) is 0 Å². The summed E-state index contributed by atoms with van der Waals surface area (Å²) in [6.07, 6.45) is -0.403. The van der Waals surface area contributed by atoms with E-state index in [0.717, 1.165) is 0 Å². The van der Waals surface area contributed by atoms with Crippen molar-refractivity contribution in [1.29, 1.82) is 0 Å². The van der Waals surface area contributed by atoms with Crippen molar-refractivity contribution in [2.24, 2.45) is 0 Å². The molecule has 0 aliphatic rings. The molecule has 8 nitrogen and oxygen atoms in total. The normalized spacial score (nSPS) is 10.8. The minimum Gasteiger partial charge on any atom is -0.456 e. The highest BCUT2D eigenvalue weighted by molar-refractivity contribution is 7.91. The van der Waals surface area contributed by atoms with Crippen LogP contribution in [0.3, 0.4) is 0 Å². The van der Waals surface area contributed by atoms with Gasteiger partial charge in [-0.15, -0.1) is 0 Å². The van der Waals surface area contributed by atoms with E-state index in [4.69, 9.17) is 16.3 Å². The molecule has 154 valence electrons. The highest BCUT2D eigenvalue weighted by atomic mass is 35.5. The fraction of sp³-hybridized carbons (Fsp3) is 0.211. The van der Waals surface area contributed by atoms with Crippen molar-refractivity contribution in [3.63, 3.8) is 0 Å². The number of nitrogens with one attached hydrogen (secondary N) is 2. The largest absolute Gasteiger partial charge is 0.456 e. The van der Waals surface area contributed by atoms with E-state index in [-0.39, 0.29) is 10.8 Å². The highest BCUT2D eigenvalue weighted by Crippen LogP contribution is 2.17. The Balaban J connectivity index is 1.81. The second-order valence-corrected chi connectivity index (χ2v) is 8.54. The van der Waals surface area contributed by atoms with Crippen molar-refractivity contribution in [1.82, 2.24) is 0 Å². The zero-order valence-corrected chi connectivity index (χ0v) is 17.0. The third-order valence-electron chi connectivity index (χ3n) is 3.58. The number of rotatable bonds is 8. The number of sulfone groups is 1. The molecule has 0 radical (unpaired) electrons. The predicted molar refractivity (Wildman–Crippen MR) is 108 cm³/mol. The van der Waals surface area contributed by atoms with Crippen molar-refractivity contribution in [2.75, 3.05) is 23.0 Å². The first kappa shape index (κ1) is 22.4. The summed E-state index contributed by atoms with van der Waals surface area (Å²) in [4.78, 5) is 34.5. The molecular weight excluding hydrogens is 420 g/mol. The molecule has 0 heterocycles. The third-order valence-corrected chi connectivity index (χ3v) is 5.55. The van der Waals surface area contributed by atoms with Crippen molar-refractivity contribution in [3.05, 3.63) is 53.6 Å². The molecule has 0 saturated heterocycles. The van der Waals surface area contributed by atoms with Gasteiger partial charge in [0.1, 0.15) is 0 Å². The number of carbonyl (C=O) groups is 3. The van der Waals surface area contributed by atoms with Gasteiger partial charge in [-0.05, 0) is 42.5 Å². The van der Waals surface area contributed by atoms with Gasteiger partial charge in [0, 0.05) is 23.3 Å². The van der Waals surface area contributed by atoms with Gasteiger partial charge in [-0.1, -0.05) is 17.7 Å². The molecule has 2 aromatic carbocycles. The fourth-order valence-corrected chi connectivity index (χ4v) is 3.68. The van der Waals surface area contributed by atoms with E-state index in [0.29, 0.717) is 16.4 Å². The van der Waals surface area contributed by atoms with Crippen molar-refractivity contribution < 1.29 is 27.5 Å². The number of esters is 1. The first-order chi connectivity index (χ1) is 13.7. The standard InChI is InChI=1S/C19H19ClN2O6S/c1-13(23)21-15-5-7-17(8-6-15)29(26,27)10-9-19(25)28-12-18(24)22-16-4-2-3-14(20)11-16/h2-8,11H,9-10,12H2,1H3,(H,21,23)(H,22,24). The lowest BCUT2D eigenvalue weighted by Gasteiger charge is -2.08. The van der Waals surface area contributed by atoms with Gasteiger partial charge >= 0.3 is 5.97 Å². The van der Waals surface area contributed by atoms with Crippen LogP contribution in [0.2, 0.25) is 5.02 Å². The summed E-state index contributed by atoms with van der Waals surface area (Å²) in [5, 5.41) is 5.47. The molecule has 0 aromatic heterocycles. The molecule has 29 heavy (non-hydrogen) atoms. The van der Waals surface area contributed by atoms with Gasteiger partial charge < -0.3 is 15.4 Å². The van der Waals surface area contributed by atoms with E-state index in [1.807, 2.05) is 0 Å². The molecule has 0 atom stereocenters. The van der Waals surface area contributed by atoms with Crippen LogP contribution in [0.15, 0.2) is 53.4 Å². The zero-order chi connectivity index (χ0) is 21.4. The van der Waals surface area contributed by atoms with Gasteiger partial charge in [0.05, 0.1) is 17.1 Å². The Morgan fingerprint density at radius 3 is 2.31 bits per heavy atom. The molecule has 2 rings (SSSR count). The number of amides is 2. The number of hydrogen-bond acceptors (Lipinski definition) is 6. The second kappa shape index (κ2) is 10.0. The molecule has 0 unspecified atom stereocenters. The van der Waals surface area contributed by atoms with Crippen LogP contribution in [-0.2, 0) is 29.0 Å². The number of ether oxygens (including phenoxy) is 1. The molecule has 2 N–H and O–H groups in total. The summed E-state index contributed by atoms with van der Waals surface area (Å²) in [5.74, 6) is -2.13. The van der Waals surface area contributed by atoms with Crippen molar-refractivity contribution in [3.8, 4) is 0 Å².